The van der Waals surface area contributed by atoms with Gasteiger partial charge in [-0.05, 0) is 19.3 Å². The maximum Gasteiger partial charge on any atom is 0.201 e. The molecular formula is C12H25O2. The van der Waals surface area contributed by atoms with Gasteiger partial charge in [0.2, 0.25) is 5.79 Å². The Morgan fingerprint density at radius 2 is 1.79 bits per heavy atom. The molecule has 14 heavy (non-hydrogen) atoms. The van der Waals surface area contributed by atoms with E-state index < -0.39 is 5.79 Å². The highest BCUT2D eigenvalue weighted by atomic mass is 16.6. The van der Waals surface area contributed by atoms with Gasteiger partial charge in [0.15, 0.2) is 0 Å². The van der Waals surface area contributed by atoms with Gasteiger partial charge < -0.3 is 4.74 Å². The van der Waals surface area contributed by atoms with E-state index in [4.69, 9.17) is 4.74 Å². The Morgan fingerprint density at radius 1 is 1.21 bits per heavy atom. The summed E-state index contributed by atoms with van der Waals surface area (Å²) in [5.74, 6) is -0.783. The zero-order valence-corrected chi connectivity index (χ0v) is 10.3. The summed E-state index contributed by atoms with van der Waals surface area (Å²) in [5, 5.41) is 12.0. The average molecular weight is 201 g/mol. The Bertz CT molecular complexity index is 141. The standard InChI is InChI=1S/C12H25O2/c1-6-7-8-9-14-12(5,13)11(4)10(2)3/h10-11H,6-9H2,1-5H3. The molecule has 0 rings (SSSR count). The number of rotatable bonds is 7. The second-order valence-corrected chi connectivity index (χ2v) is 4.60. The molecule has 0 aliphatic rings. The van der Waals surface area contributed by atoms with E-state index in [0.29, 0.717) is 12.5 Å². The fraction of sp³-hybridized carbons (Fsp3) is 1.00. The minimum Gasteiger partial charge on any atom is -0.347 e. The van der Waals surface area contributed by atoms with Crippen LogP contribution in [0.25, 0.3) is 0 Å². The zero-order chi connectivity index (χ0) is 11.2. The Labute approximate surface area is 88.7 Å². The lowest BCUT2D eigenvalue weighted by Gasteiger charge is -2.30. The van der Waals surface area contributed by atoms with Crippen LogP contribution in [0.4, 0.5) is 0 Å². The van der Waals surface area contributed by atoms with Crippen LogP contribution in [0.5, 0.6) is 0 Å². The van der Waals surface area contributed by atoms with Crippen molar-refractivity contribution in [2.24, 2.45) is 11.8 Å². The summed E-state index contributed by atoms with van der Waals surface area (Å²) >= 11 is 0. The van der Waals surface area contributed by atoms with Gasteiger partial charge in [0.05, 0.1) is 6.61 Å². The number of ether oxygens (including phenoxy) is 1. The van der Waals surface area contributed by atoms with Gasteiger partial charge in [-0.3, -0.25) is 0 Å². The summed E-state index contributed by atoms with van der Waals surface area (Å²) < 4.78 is 5.40. The molecule has 2 atom stereocenters. The van der Waals surface area contributed by atoms with E-state index in [0.717, 1.165) is 12.8 Å². The third-order valence-electron chi connectivity index (χ3n) is 2.96. The quantitative estimate of drug-likeness (QED) is 0.457. The second-order valence-electron chi connectivity index (χ2n) is 4.60. The first-order chi connectivity index (χ1) is 6.41. The van der Waals surface area contributed by atoms with Gasteiger partial charge in [-0.15, -0.1) is 0 Å². The molecule has 0 aliphatic heterocycles. The number of unbranched alkanes of at least 4 members (excludes halogenated alkanes) is 2. The van der Waals surface area contributed by atoms with E-state index in [-0.39, 0.29) is 5.92 Å². The van der Waals surface area contributed by atoms with Crippen LogP contribution in [-0.4, -0.2) is 12.4 Å². The highest BCUT2D eigenvalue weighted by Crippen LogP contribution is 2.26. The summed E-state index contributed by atoms with van der Waals surface area (Å²) in [4.78, 5) is 0. The van der Waals surface area contributed by atoms with Crippen LogP contribution in [0.2, 0.25) is 0 Å². The van der Waals surface area contributed by atoms with Crippen molar-refractivity contribution in [2.45, 2.75) is 59.7 Å². The van der Waals surface area contributed by atoms with E-state index in [9.17, 15) is 5.11 Å². The van der Waals surface area contributed by atoms with Crippen molar-refractivity contribution in [1.29, 1.82) is 0 Å². The predicted molar refractivity (Wildman–Crippen MR) is 58.6 cm³/mol. The van der Waals surface area contributed by atoms with Gasteiger partial charge in [-0.1, -0.05) is 40.5 Å². The summed E-state index contributed by atoms with van der Waals surface area (Å²) in [6.45, 7) is 10.5. The molecule has 0 aromatic carbocycles. The molecule has 0 spiro atoms. The Morgan fingerprint density at radius 3 is 2.21 bits per heavy atom. The van der Waals surface area contributed by atoms with Gasteiger partial charge in [0, 0.05) is 5.92 Å². The van der Waals surface area contributed by atoms with E-state index in [1.165, 1.54) is 6.42 Å². The van der Waals surface area contributed by atoms with Gasteiger partial charge in [0.1, 0.15) is 0 Å². The van der Waals surface area contributed by atoms with Crippen LogP contribution in [0, 0.1) is 11.8 Å². The first-order valence-corrected chi connectivity index (χ1v) is 5.76. The minimum atomic E-state index is -1.22. The van der Waals surface area contributed by atoms with Crippen LogP contribution in [0.1, 0.15) is 53.9 Å². The second kappa shape index (κ2) is 6.41. The molecule has 0 heterocycles. The maximum atomic E-state index is 12.0. The lowest BCUT2D eigenvalue weighted by molar-refractivity contribution is -0.263. The van der Waals surface area contributed by atoms with Crippen LogP contribution in [0.15, 0.2) is 0 Å². The van der Waals surface area contributed by atoms with E-state index in [2.05, 4.69) is 20.8 Å². The lowest BCUT2D eigenvalue weighted by Crippen LogP contribution is -2.37. The van der Waals surface area contributed by atoms with Crippen LogP contribution in [-0.2, 0) is 9.84 Å². The van der Waals surface area contributed by atoms with Crippen molar-refractivity contribution in [3.63, 3.8) is 0 Å². The lowest BCUT2D eigenvalue weighted by atomic mass is 9.90. The molecular weight excluding hydrogens is 176 g/mol. The number of hydrogen-bond acceptors (Lipinski definition) is 1. The van der Waals surface area contributed by atoms with Crippen molar-refractivity contribution in [1.82, 2.24) is 0 Å². The Balaban J connectivity index is 3.82. The topological polar surface area (TPSA) is 29.1 Å². The molecule has 85 valence electrons. The zero-order valence-electron chi connectivity index (χ0n) is 10.3. The van der Waals surface area contributed by atoms with Gasteiger partial charge in [-0.25, -0.2) is 0 Å². The highest BCUT2D eigenvalue weighted by molar-refractivity contribution is 4.71. The fourth-order valence-electron chi connectivity index (χ4n) is 1.36. The summed E-state index contributed by atoms with van der Waals surface area (Å²) in [6, 6.07) is 0. The van der Waals surface area contributed by atoms with Crippen molar-refractivity contribution >= 4 is 0 Å². The summed E-state index contributed by atoms with van der Waals surface area (Å²) in [5.41, 5.74) is 0. The molecule has 2 heteroatoms. The van der Waals surface area contributed by atoms with E-state index >= 15 is 0 Å². The predicted octanol–water partition coefficient (Wildman–Crippen LogP) is 3.63. The summed E-state index contributed by atoms with van der Waals surface area (Å²) in [7, 11) is 0. The molecule has 0 amide bonds. The Hall–Kier alpha value is -0.0800. The molecule has 0 saturated carbocycles. The minimum absolute atomic E-state index is 0.0594. The van der Waals surface area contributed by atoms with Gasteiger partial charge >= 0.3 is 0 Å². The first kappa shape index (κ1) is 13.9. The third kappa shape index (κ3) is 4.97. The highest BCUT2D eigenvalue weighted by Gasteiger charge is 2.33. The molecule has 0 saturated heterocycles. The maximum absolute atomic E-state index is 12.0. The van der Waals surface area contributed by atoms with Crippen molar-refractivity contribution in [3.05, 3.63) is 0 Å². The molecule has 2 unspecified atom stereocenters. The molecule has 0 aromatic heterocycles. The van der Waals surface area contributed by atoms with E-state index in [1.807, 2.05) is 6.92 Å². The SMILES string of the molecule is CCCCCOC(C)([O])C(C)C(C)C. The molecule has 0 fully saturated rings. The Kier molecular flexibility index (Phi) is 6.38. The molecule has 2 nitrogen and oxygen atoms in total. The third-order valence-corrected chi connectivity index (χ3v) is 2.96. The van der Waals surface area contributed by atoms with Crippen LogP contribution >= 0.6 is 0 Å². The molecule has 0 N–H and O–H groups in total. The largest absolute Gasteiger partial charge is 0.347 e. The molecule has 0 bridgehead atoms. The molecule has 1 radical (unpaired) electrons. The van der Waals surface area contributed by atoms with E-state index in [1.54, 1.807) is 6.92 Å². The van der Waals surface area contributed by atoms with Gasteiger partial charge in [-0.2, -0.15) is 5.11 Å². The van der Waals surface area contributed by atoms with Crippen molar-refractivity contribution in [2.75, 3.05) is 6.61 Å². The van der Waals surface area contributed by atoms with Gasteiger partial charge in [0.25, 0.3) is 0 Å². The molecule has 0 aromatic rings. The van der Waals surface area contributed by atoms with Crippen LogP contribution in [0.3, 0.4) is 0 Å². The normalized spacial score (nSPS) is 18.2. The number of hydrogen-bond donors (Lipinski definition) is 0. The molecule has 0 aliphatic carbocycles. The first-order valence-electron chi connectivity index (χ1n) is 5.76. The van der Waals surface area contributed by atoms with Crippen molar-refractivity contribution in [3.8, 4) is 0 Å². The fourth-order valence-corrected chi connectivity index (χ4v) is 1.36. The van der Waals surface area contributed by atoms with Crippen LogP contribution < -0.4 is 0 Å². The van der Waals surface area contributed by atoms with Crippen molar-refractivity contribution < 1.29 is 9.84 Å². The monoisotopic (exact) mass is 201 g/mol. The summed E-state index contributed by atoms with van der Waals surface area (Å²) in [6.07, 6.45) is 3.31. The average Bonchev–Trinajstić information content (AvgIpc) is 2.11. The smallest absolute Gasteiger partial charge is 0.201 e.